The van der Waals surface area contributed by atoms with Crippen LogP contribution in [0.15, 0.2) is 35.6 Å². The molecule has 0 saturated heterocycles. The van der Waals surface area contributed by atoms with Crippen molar-refractivity contribution in [1.82, 2.24) is 10.3 Å². The highest BCUT2D eigenvalue weighted by Crippen LogP contribution is 2.20. The quantitative estimate of drug-likeness (QED) is 0.595. The summed E-state index contributed by atoms with van der Waals surface area (Å²) < 4.78 is 5.25. The van der Waals surface area contributed by atoms with E-state index in [4.69, 9.17) is 21.2 Å². The Kier molecular flexibility index (Phi) is 6.21. The number of nitrogens with zero attached hydrogens (tertiary/aromatic N) is 1. The zero-order chi connectivity index (χ0) is 20.3. The third kappa shape index (κ3) is 4.63. The molecule has 9 heteroatoms. The summed E-state index contributed by atoms with van der Waals surface area (Å²) in [4.78, 5) is 33.6. The van der Waals surface area contributed by atoms with Gasteiger partial charge < -0.3 is 25.6 Å². The largest absolute Gasteiger partial charge is 0.461 e. The number of H-pyrrole nitrogens is 1. The van der Waals surface area contributed by atoms with Crippen LogP contribution in [-0.2, 0) is 25.6 Å². The van der Waals surface area contributed by atoms with Gasteiger partial charge in [-0.25, -0.2) is 4.79 Å². The van der Waals surface area contributed by atoms with E-state index in [1.165, 1.54) is 0 Å². The zero-order valence-electron chi connectivity index (χ0n) is 15.8. The van der Waals surface area contributed by atoms with Crippen LogP contribution in [0.5, 0.6) is 0 Å². The average Bonchev–Trinajstić information content (AvgIpc) is 3.25. The van der Waals surface area contributed by atoms with Gasteiger partial charge >= 0.3 is 5.97 Å². The summed E-state index contributed by atoms with van der Waals surface area (Å²) in [6.07, 6.45) is 1.48. The summed E-state index contributed by atoms with van der Waals surface area (Å²) in [5, 5.41) is 7.64. The van der Waals surface area contributed by atoms with E-state index in [1.54, 1.807) is 13.8 Å². The van der Waals surface area contributed by atoms with Gasteiger partial charge in [0.05, 0.1) is 6.10 Å². The van der Waals surface area contributed by atoms with Gasteiger partial charge in [-0.1, -0.05) is 35.0 Å². The van der Waals surface area contributed by atoms with Crippen molar-refractivity contribution in [2.75, 3.05) is 0 Å². The number of nitrogens with one attached hydrogen (secondary N) is 2. The van der Waals surface area contributed by atoms with Gasteiger partial charge in [-0.2, -0.15) is 0 Å². The number of aromatic nitrogens is 1. The first-order valence-electron chi connectivity index (χ1n) is 9.12. The van der Waals surface area contributed by atoms with Crippen LogP contribution in [0.25, 0.3) is 10.9 Å². The maximum absolute atomic E-state index is 12.7. The van der Waals surface area contributed by atoms with Gasteiger partial charge in [-0.05, 0) is 25.5 Å². The first-order valence-corrected chi connectivity index (χ1v) is 9.50. The van der Waals surface area contributed by atoms with Crippen LogP contribution in [0.2, 0.25) is 0 Å². The van der Waals surface area contributed by atoms with E-state index < -0.39 is 24.2 Å². The van der Waals surface area contributed by atoms with E-state index in [0.717, 1.165) is 16.5 Å². The number of hydrogen-bond donors (Lipinski definition) is 3. The van der Waals surface area contributed by atoms with Gasteiger partial charge in [0.2, 0.25) is 0 Å². The molecule has 0 aliphatic carbocycles. The average molecular weight is 408 g/mol. The molecule has 150 valence electrons. The molecule has 1 aliphatic heterocycles. The molecule has 0 radical (unpaired) electrons. The molecule has 1 aromatic carbocycles. The predicted molar refractivity (Wildman–Crippen MR) is 105 cm³/mol. The summed E-state index contributed by atoms with van der Waals surface area (Å²) in [7, 11) is 0. The zero-order valence-corrected chi connectivity index (χ0v) is 16.5. The molecule has 28 heavy (non-hydrogen) atoms. The molecule has 1 amide bonds. The number of benzene rings is 1. The molecular weight excluding hydrogens is 384 g/mol. The second kappa shape index (κ2) is 8.62. The van der Waals surface area contributed by atoms with Crippen LogP contribution in [0.3, 0.4) is 0 Å². The minimum atomic E-state index is -1.01. The highest BCUT2D eigenvalue weighted by Gasteiger charge is 2.38. The first-order chi connectivity index (χ1) is 13.3. The number of oxime groups is 1. The van der Waals surface area contributed by atoms with Crippen molar-refractivity contribution in [2.24, 2.45) is 5.16 Å². The minimum Gasteiger partial charge on any atom is -0.461 e. The molecular formula is C19H24ClN4O4+. The number of carbonyl (C=O) groups excluding carboxylic acids is 2. The molecule has 5 N–H and O–H groups in total. The Morgan fingerprint density at radius 2 is 2.18 bits per heavy atom. The van der Waals surface area contributed by atoms with Crippen molar-refractivity contribution in [3.63, 3.8) is 0 Å². The Labute approximate surface area is 167 Å². The topological polar surface area (TPSA) is 120 Å². The number of hydrogen-bond acceptors (Lipinski definition) is 5. The lowest BCUT2D eigenvalue weighted by atomic mass is 10.0. The Bertz CT molecular complexity index is 895. The van der Waals surface area contributed by atoms with E-state index >= 15 is 0 Å². The van der Waals surface area contributed by atoms with Crippen molar-refractivity contribution in [3.8, 4) is 0 Å². The lowest BCUT2D eigenvalue weighted by molar-refractivity contribution is -0.403. The molecule has 0 saturated carbocycles. The molecule has 2 heterocycles. The Morgan fingerprint density at radius 3 is 2.86 bits per heavy atom. The van der Waals surface area contributed by atoms with E-state index in [9.17, 15) is 9.59 Å². The number of esters is 1. The van der Waals surface area contributed by atoms with Crippen molar-refractivity contribution in [3.05, 3.63) is 36.0 Å². The highest BCUT2D eigenvalue weighted by molar-refractivity contribution is 6.65. The van der Waals surface area contributed by atoms with Crippen LogP contribution in [0.1, 0.15) is 25.8 Å². The lowest BCUT2D eigenvalue weighted by Gasteiger charge is -2.23. The molecule has 3 rings (SSSR count). The molecule has 2 aromatic rings. The fourth-order valence-electron chi connectivity index (χ4n) is 3.08. The van der Waals surface area contributed by atoms with Crippen LogP contribution in [0, 0.1) is 0 Å². The molecule has 1 aliphatic rings. The second-order valence-electron chi connectivity index (χ2n) is 7.05. The van der Waals surface area contributed by atoms with E-state index in [1.807, 2.05) is 30.5 Å². The molecule has 0 fully saturated rings. The van der Waals surface area contributed by atoms with Crippen LogP contribution >= 0.6 is 11.6 Å². The summed E-state index contributed by atoms with van der Waals surface area (Å²) in [5.41, 5.74) is 5.94. The normalized spacial score (nSPS) is 18.5. The Balaban J connectivity index is 1.69. The molecule has 0 unspecified atom stereocenters. The third-order valence-electron chi connectivity index (χ3n) is 4.44. The van der Waals surface area contributed by atoms with Crippen molar-refractivity contribution in [2.45, 2.75) is 51.0 Å². The maximum Gasteiger partial charge on any atom is 0.332 e. The highest BCUT2D eigenvalue weighted by atomic mass is 35.5. The van der Waals surface area contributed by atoms with E-state index in [0.29, 0.717) is 6.42 Å². The van der Waals surface area contributed by atoms with E-state index in [-0.39, 0.29) is 23.6 Å². The number of ether oxygens (including phenoxy) is 1. The summed E-state index contributed by atoms with van der Waals surface area (Å²) in [6.45, 7) is 3.47. The van der Waals surface area contributed by atoms with Gasteiger partial charge in [-0.3, -0.25) is 4.79 Å². The van der Waals surface area contributed by atoms with Gasteiger partial charge in [0.1, 0.15) is 5.17 Å². The van der Waals surface area contributed by atoms with Crippen LogP contribution < -0.4 is 11.1 Å². The number of halogens is 1. The van der Waals surface area contributed by atoms with Gasteiger partial charge in [0.15, 0.2) is 18.2 Å². The fraction of sp³-hybridized carbons (Fsp3) is 0.421. The van der Waals surface area contributed by atoms with Crippen molar-refractivity contribution in [1.29, 1.82) is 0 Å². The summed E-state index contributed by atoms with van der Waals surface area (Å²) in [5.74, 6) is -0.961. The molecule has 0 bridgehead atoms. The fourth-order valence-corrected chi connectivity index (χ4v) is 3.28. The van der Waals surface area contributed by atoms with Crippen molar-refractivity contribution >= 4 is 39.6 Å². The first kappa shape index (κ1) is 20.2. The number of para-hydroxylation sites is 1. The van der Waals surface area contributed by atoms with Gasteiger partial charge in [-0.15, -0.1) is 0 Å². The smallest absolute Gasteiger partial charge is 0.332 e. The summed E-state index contributed by atoms with van der Waals surface area (Å²) >= 11 is 5.86. The Morgan fingerprint density at radius 1 is 1.43 bits per heavy atom. The molecule has 3 atom stereocenters. The van der Waals surface area contributed by atoms with Gasteiger partial charge in [0.25, 0.3) is 5.91 Å². The number of carbonyl (C=O) groups is 2. The number of amides is 1. The standard InChI is InChI=1S/C19H23ClN4O4/c1-10(2)27-19(26)17(15-8-16(20)24-28-15)23-18(25)13(21)7-11-9-22-14-6-4-3-5-12(11)14/h3-6,9-10,13,15,17,22H,7-8,21H2,1-2H3,(H,23,25)/p+1/t13-,15+,17+/m1/s1. The van der Waals surface area contributed by atoms with Crippen molar-refractivity contribution < 1.29 is 24.9 Å². The number of fused-ring (bicyclic) bond motifs is 1. The van der Waals surface area contributed by atoms with E-state index in [2.05, 4.69) is 21.2 Å². The predicted octanol–water partition coefficient (Wildman–Crippen LogP) is 1.10. The molecule has 0 spiro atoms. The molecule has 8 nitrogen and oxygen atoms in total. The number of rotatable bonds is 7. The van der Waals surface area contributed by atoms with Crippen LogP contribution in [-0.4, -0.2) is 46.3 Å². The van der Waals surface area contributed by atoms with Crippen LogP contribution in [0.4, 0.5) is 0 Å². The number of quaternary nitrogens is 1. The summed E-state index contributed by atoms with van der Waals surface area (Å²) in [6, 6.07) is 6.22. The monoisotopic (exact) mass is 407 g/mol. The number of aromatic amines is 1. The second-order valence-corrected chi connectivity index (χ2v) is 7.48. The minimum absolute atomic E-state index is 0.226. The SMILES string of the molecule is CC(C)OC(=O)[C@@H](NC(=O)[C@H]([NH3+])Cc1c[nH]c2ccccc12)[C@@H]1CC(Cl)=NO1. The maximum atomic E-state index is 12.7. The lowest BCUT2D eigenvalue weighted by Crippen LogP contribution is -2.70. The molecule has 1 aromatic heterocycles. The Hall–Kier alpha value is -2.58. The van der Waals surface area contributed by atoms with Gasteiger partial charge in [0, 0.05) is 29.9 Å². The third-order valence-corrected chi connectivity index (χ3v) is 4.67.